The van der Waals surface area contributed by atoms with E-state index in [0.717, 1.165) is 65.9 Å². The van der Waals surface area contributed by atoms with E-state index in [-0.39, 0.29) is 0 Å². The normalized spacial score (nSPS) is 16.8. The molecule has 1 saturated heterocycles. The minimum absolute atomic E-state index is 0.460. The summed E-state index contributed by atoms with van der Waals surface area (Å²) < 4.78 is 11.6. The molecule has 1 N–H and O–H groups in total. The van der Waals surface area contributed by atoms with Crippen molar-refractivity contribution in [3.8, 4) is 11.5 Å². The average molecular weight is 438 g/mol. The number of carboxylic acid groups (broad SMARTS) is 1. The lowest BCUT2D eigenvalue weighted by Gasteiger charge is -2.39. The van der Waals surface area contributed by atoms with Crippen LogP contribution in [0.5, 0.6) is 11.5 Å². The lowest BCUT2D eigenvalue weighted by molar-refractivity contribution is -0.148. The third-order valence-corrected chi connectivity index (χ3v) is 6.15. The molecule has 0 atom stereocenters. The number of carboxylic acids is 1. The van der Waals surface area contributed by atoms with Gasteiger partial charge in [-0.3, -0.25) is 9.69 Å². The van der Waals surface area contributed by atoms with Crippen LogP contribution in [0.25, 0.3) is 0 Å². The van der Waals surface area contributed by atoms with E-state index in [0.29, 0.717) is 13.2 Å². The fraction of sp³-hybridized carbons (Fsp3) is 0.440. The molecule has 0 aliphatic carbocycles. The number of rotatable bonds is 4. The Labute approximate surface area is 189 Å². The van der Waals surface area contributed by atoms with Crippen LogP contribution in [-0.4, -0.2) is 66.5 Å². The van der Waals surface area contributed by atoms with E-state index in [1.54, 1.807) is 21.0 Å². The fourth-order valence-corrected chi connectivity index (χ4v) is 4.16. The second kappa shape index (κ2) is 8.82. The molecule has 0 bridgehead atoms. The van der Waals surface area contributed by atoms with Crippen molar-refractivity contribution < 1.29 is 19.4 Å². The van der Waals surface area contributed by atoms with Crippen LogP contribution >= 0.6 is 0 Å². The summed E-state index contributed by atoms with van der Waals surface area (Å²) in [7, 11) is 1.67. The number of aliphatic carboxylic acids is 1. The third-order valence-electron chi connectivity index (χ3n) is 6.15. The van der Waals surface area contributed by atoms with Gasteiger partial charge in [0.15, 0.2) is 0 Å². The van der Waals surface area contributed by atoms with E-state index in [2.05, 4.69) is 9.80 Å². The maximum absolute atomic E-state index is 11.5. The maximum Gasteiger partial charge on any atom is 0.310 e. The van der Waals surface area contributed by atoms with Gasteiger partial charge in [0.2, 0.25) is 0 Å². The first-order chi connectivity index (χ1) is 15.3. The summed E-state index contributed by atoms with van der Waals surface area (Å²) in [6.07, 6.45) is 0. The Hall–Kier alpha value is -3.06. The predicted molar refractivity (Wildman–Crippen MR) is 124 cm³/mol. The highest BCUT2D eigenvalue weighted by atomic mass is 16.5. The second-order valence-corrected chi connectivity index (χ2v) is 9.17. The molecule has 2 aromatic rings. The summed E-state index contributed by atoms with van der Waals surface area (Å²) in [5, 5.41) is 9.48. The molecular formula is C25H31N3O4. The molecule has 1 fully saturated rings. The SMILES string of the molecule is COc1ccc2c(c1)C(N1CCN(CC(C)(C)C(=O)O)CC1)=Nc1ccc(C)cc1OC2. The fourth-order valence-electron chi connectivity index (χ4n) is 4.16. The Morgan fingerprint density at radius 2 is 1.91 bits per heavy atom. The topological polar surface area (TPSA) is 74.6 Å². The quantitative estimate of drug-likeness (QED) is 0.786. The summed E-state index contributed by atoms with van der Waals surface area (Å²) in [5.74, 6) is 1.70. The van der Waals surface area contributed by atoms with Crippen molar-refractivity contribution in [1.82, 2.24) is 9.80 Å². The molecule has 0 unspecified atom stereocenters. The zero-order chi connectivity index (χ0) is 22.9. The lowest BCUT2D eigenvalue weighted by atomic mass is 9.93. The molecule has 0 saturated carbocycles. The molecule has 2 aromatic carbocycles. The molecule has 0 radical (unpaired) electrons. The molecule has 0 amide bonds. The maximum atomic E-state index is 11.5. The zero-order valence-corrected chi connectivity index (χ0v) is 19.2. The van der Waals surface area contributed by atoms with E-state index in [1.807, 2.05) is 43.3 Å². The highest BCUT2D eigenvalue weighted by Crippen LogP contribution is 2.34. The summed E-state index contributed by atoms with van der Waals surface area (Å²) in [6.45, 7) is 9.71. The van der Waals surface area contributed by atoms with Gasteiger partial charge in [0.05, 0.1) is 12.5 Å². The Kier molecular flexibility index (Phi) is 6.11. The predicted octanol–water partition coefficient (Wildman–Crippen LogP) is 3.70. The van der Waals surface area contributed by atoms with Crippen LogP contribution in [0.2, 0.25) is 0 Å². The molecule has 0 aromatic heterocycles. The zero-order valence-electron chi connectivity index (χ0n) is 19.2. The van der Waals surface area contributed by atoms with Gasteiger partial charge >= 0.3 is 5.97 Å². The standard InChI is InChI=1S/C25H31N3O4/c1-17-5-8-21-22(13-17)32-15-18-6-7-19(31-4)14-20(18)23(26-21)28-11-9-27(10-12-28)16-25(2,3)24(29)30/h5-8,13-14H,9-12,15-16H2,1-4H3,(H,29,30). The van der Waals surface area contributed by atoms with Crippen LogP contribution in [0, 0.1) is 12.3 Å². The van der Waals surface area contributed by atoms with Crippen LogP contribution in [-0.2, 0) is 11.4 Å². The van der Waals surface area contributed by atoms with Crippen molar-refractivity contribution in [2.45, 2.75) is 27.4 Å². The molecular weight excluding hydrogens is 406 g/mol. The first-order valence-electron chi connectivity index (χ1n) is 11.0. The molecule has 7 nitrogen and oxygen atoms in total. The van der Waals surface area contributed by atoms with Crippen molar-refractivity contribution in [3.63, 3.8) is 0 Å². The van der Waals surface area contributed by atoms with E-state index in [9.17, 15) is 9.90 Å². The van der Waals surface area contributed by atoms with Crippen molar-refractivity contribution in [2.75, 3.05) is 39.8 Å². The van der Waals surface area contributed by atoms with Gasteiger partial charge in [0.1, 0.15) is 29.6 Å². The number of fused-ring (bicyclic) bond motifs is 2. The molecule has 2 aliphatic heterocycles. The van der Waals surface area contributed by atoms with Crippen molar-refractivity contribution in [1.29, 1.82) is 0 Å². The minimum atomic E-state index is -0.770. The van der Waals surface area contributed by atoms with Crippen molar-refractivity contribution in [3.05, 3.63) is 53.1 Å². The number of hydrogen-bond acceptors (Lipinski definition) is 6. The Morgan fingerprint density at radius 3 is 2.59 bits per heavy atom. The number of benzene rings is 2. The van der Waals surface area contributed by atoms with Gasteiger partial charge < -0.3 is 19.5 Å². The smallest absolute Gasteiger partial charge is 0.310 e. The van der Waals surface area contributed by atoms with E-state index in [1.165, 1.54) is 0 Å². The Bertz CT molecular complexity index is 1040. The number of carbonyl (C=O) groups is 1. The minimum Gasteiger partial charge on any atom is -0.497 e. The number of hydrogen-bond donors (Lipinski definition) is 1. The van der Waals surface area contributed by atoms with Gasteiger partial charge in [-0.1, -0.05) is 12.1 Å². The van der Waals surface area contributed by atoms with Gasteiger partial charge in [-0.05, 0) is 50.6 Å². The van der Waals surface area contributed by atoms with Crippen molar-refractivity contribution >= 4 is 17.5 Å². The summed E-state index contributed by atoms with van der Waals surface area (Å²) in [5.41, 5.74) is 3.24. The number of piperazine rings is 1. The largest absolute Gasteiger partial charge is 0.497 e. The van der Waals surface area contributed by atoms with Crippen LogP contribution in [0.4, 0.5) is 5.69 Å². The van der Waals surface area contributed by atoms with Crippen molar-refractivity contribution in [2.24, 2.45) is 10.4 Å². The molecule has 7 heteroatoms. The molecule has 2 heterocycles. The number of methoxy groups -OCH3 is 1. The molecule has 4 rings (SSSR count). The Morgan fingerprint density at radius 1 is 1.16 bits per heavy atom. The van der Waals surface area contributed by atoms with Crippen LogP contribution in [0.15, 0.2) is 41.4 Å². The van der Waals surface area contributed by atoms with Gasteiger partial charge in [0, 0.05) is 43.9 Å². The summed E-state index contributed by atoms with van der Waals surface area (Å²) >= 11 is 0. The van der Waals surface area contributed by atoms with E-state index >= 15 is 0 Å². The van der Waals surface area contributed by atoms with Crippen LogP contribution in [0.3, 0.4) is 0 Å². The molecule has 170 valence electrons. The first kappa shape index (κ1) is 22.1. The highest BCUT2D eigenvalue weighted by molar-refractivity contribution is 6.02. The second-order valence-electron chi connectivity index (χ2n) is 9.17. The Balaban J connectivity index is 1.66. The highest BCUT2D eigenvalue weighted by Gasteiger charge is 2.32. The molecule has 2 aliphatic rings. The third kappa shape index (κ3) is 4.58. The monoisotopic (exact) mass is 437 g/mol. The van der Waals surface area contributed by atoms with E-state index in [4.69, 9.17) is 14.5 Å². The number of amidine groups is 1. The average Bonchev–Trinajstić information content (AvgIpc) is 2.76. The number of aliphatic imine (C=N–C) groups is 1. The summed E-state index contributed by atoms with van der Waals surface area (Å²) in [6, 6.07) is 12.1. The molecule has 0 spiro atoms. The van der Waals surface area contributed by atoms with Gasteiger partial charge in [-0.2, -0.15) is 0 Å². The number of aryl methyl sites for hydroxylation is 1. The van der Waals surface area contributed by atoms with Gasteiger partial charge in [-0.15, -0.1) is 0 Å². The van der Waals surface area contributed by atoms with Crippen LogP contribution < -0.4 is 9.47 Å². The lowest BCUT2D eigenvalue weighted by Crippen LogP contribution is -2.52. The van der Waals surface area contributed by atoms with Crippen LogP contribution in [0.1, 0.15) is 30.5 Å². The first-order valence-corrected chi connectivity index (χ1v) is 11.0. The van der Waals surface area contributed by atoms with Gasteiger partial charge in [-0.25, -0.2) is 4.99 Å². The number of nitrogens with zero attached hydrogens (tertiary/aromatic N) is 3. The molecule has 32 heavy (non-hydrogen) atoms. The van der Waals surface area contributed by atoms with Gasteiger partial charge in [0.25, 0.3) is 0 Å². The summed E-state index contributed by atoms with van der Waals surface area (Å²) in [4.78, 5) is 21.1. The van der Waals surface area contributed by atoms with E-state index < -0.39 is 11.4 Å². The number of ether oxygens (including phenoxy) is 2.